The maximum absolute atomic E-state index is 5.70. The SMILES string of the molecule is CC(C)(C)NCC1(CN2CCCOCC2)CCOC1. The summed E-state index contributed by atoms with van der Waals surface area (Å²) in [4.78, 5) is 2.56. The molecule has 0 aromatic heterocycles. The molecule has 1 atom stereocenters. The van der Waals surface area contributed by atoms with E-state index in [1.165, 1.54) is 6.42 Å². The van der Waals surface area contributed by atoms with Crippen molar-refractivity contribution >= 4 is 0 Å². The van der Waals surface area contributed by atoms with E-state index in [-0.39, 0.29) is 11.0 Å². The van der Waals surface area contributed by atoms with Crippen LogP contribution in [0.3, 0.4) is 0 Å². The highest BCUT2D eigenvalue weighted by atomic mass is 16.5. The maximum atomic E-state index is 5.70. The van der Waals surface area contributed by atoms with Crippen LogP contribution >= 0.6 is 0 Å². The number of nitrogens with zero attached hydrogens (tertiary/aromatic N) is 1. The van der Waals surface area contributed by atoms with Gasteiger partial charge in [0.25, 0.3) is 0 Å². The first-order valence-electron chi connectivity index (χ1n) is 7.62. The molecule has 112 valence electrons. The van der Waals surface area contributed by atoms with E-state index in [4.69, 9.17) is 9.47 Å². The molecular weight excluding hydrogens is 240 g/mol. The summed E-state index contributed by atoms with van der Waals surface area (Å²) in [5.74, 6) is 0. The average Bonchev–Trinajstić information content (AvgIpc) is 2.64. The summed E-state index contributed by atoms with van der Waals surface area (Å²) in [7, 11) is 0. The van der Waals surface area contributed by atoms with Crippen molar-refractivity contribution in [3.05, 3.63) is 0 Å². The summed E-state index contributed by atoms with van der Waals surface area (Å²) in [5.41, 5.74) is 0.467. The second-order valence-electron chi connectivity index (χ2n) is 7.15. The third kappa shape index (κ3) is 5.03. The largest absolute Gasteiger partial charge is 0.381 e. The summed E-state index contributed by atoms with van der Waals surface area (Å²) in [6.45, 7) is 14.7. The molecule has 0 saturated carbocycles. The van der Waals surface area contributed by atoms with Gasteiger partial charge in [0, 0.05) is 50.3 Å². The van der Waals surface area contributed by atoms with E-state index in [9.17, 15) is 0 Å². The fraction of sp³-hybridized carbons (Fsp3) is 1.00. The number of rotatable bonds is 4. The second kappa shape index (κ2) is 6.53. The summed E-state index contributed by atoms with van der Waals surface area (Å²) in [6, 6.07) is 0. The average molecular weight is 270 g/mol. The van der Waals surface area contributed by atoms with Gasteiger partial charge in [0.05, 0.1) is 13.2 Å². The van der Waals surface area contributed by atoms with Crippen LogP contribution in [0.25, 0.3) is 0 Å². The molecular formula is C15H30N2O2. The Kier molecular flexibility index (Phi) is 5.23. The molecule has 1 N–H and O–H groups in total. The van der Waals surface area contributed by atoms with Gasteiger partial charge in [-0.3, -0.25) is 0 Å². The lowest BCUT2D eigenvalue weighted by atomic mass is 9.85. The molecule has 4 nitrogen and oxygen atoms in total. The van der Waals surface area contributed by atoms with Crippen LogP contribution in [-0.2, 0) is 9.47 Å². The van der Waals surface area contributed by atoms with E-state index < -0.39 is 0 Å². The first kappa shape index (κ1) is 15.2. The number of hydrogen-bond acceptors (Lipinski definition) is 4. The van der Waals surface area contributed by atoms with Crippen LogP contribution in [0.2, 0.25) is 0 Å². The topological polar surface area (TPSA) is 33.7 Å². The second-order valence-corrected chi connectivity index (χ2v) is 7.15. The summed E-state index contributed by atoms with van der Waals surface area (Å²) in [5, 5.41) is 3.67. The molecule has 1 unspecified atom stereocenters. The van der Waals surface area contributed by atoms with Crippen molar-refractivity contribution in [2.45, 2.75) is 39.2 Å². The molecule has 0 bridgehead atoms. The highest BCUT2D eigenvalue weighted by molar-refractivity contribution is 4.90. The van der Waals surface area contributed by atoms with Gasteiger partial charge in [-0.25, -0.2) is 0 Å². The van der Waals surface area contributed by atoms with E-state index in [1.807, 2.05) is 0 Å². The molecule has 2 aliphatic heterocycles. The van der Waals surface area contributed by atoms with Gasteiger partial charge < -0.3 is 19.7 Å². The first-order valence-corrected chi connectivity index (χ1v) is 7.62. The van der Waals surface area contributed by atoms with Gasteiger partial charge in [-0.2, -0.15) is 0 Å². The van der Waals surface area contributed by atoms with Crippen LogP contribution in [0.15, 0.2) is 0 Å². The zero-order valence-electron chi connectivity index (χ0n) is 12.8. The summed E-state index contributed by atoms with van der Waals surface area (Å²) >= 11 is 0. The predicted octanol–water partition coefficient (Wildman–Crippen LogP) is 1.50. The van der Waals surface area contributed by atoms with Gasteiger partial charge in [-0.05, 0) is 33.6 Å². The first-order chi connectivity index (χ1) is 8.99. The minimum Gasteiger partial charge on any atom is -0.381 e. The molecule has 0 aromatic rings. The standard InChI is InChI=1S/C15H30N2O2/c1-14(2,3)16-11-15(5-9-19-13-15)12-17-6-4-8-18-10-7-17/h16H,4-13H2,1-3H3. The van der Waals surface area contributed by atoms with Gasteiger partial charge in [0.15, 0.2) is 0 Å². The van der Waals surface area contributed by atoms with Crippen molar-refractivity contribution in [2.75, 3.05) is 52.6 Å². The molecule has 2 fully saturated rings. The lowest BCUT2D eigenvalue weighted by Crippen LogP contribution is -2.49. The fourth-order valence-electron chi connectivity index (χ4n) is 2.85. The molecule has 4 heteroatoms. The highest BCUT2D eigenvalue weighted by Gasteiger charge is 2.37. The monoisotopic (exact) mass is 270 g/mol. The minimum absolute atomic E-state index is 0.178. The quantitative estimate of drug-likeness (QED) is 0.839. The Labute approximate surface area is 117 Å². The molecule has 2 rings (SSSR count). The molecule has 2 aliphatic rings. The van der Waals surface area contributed by atoms with Crippen LogP contribution in [-0.4, -0.2) is 63.0 Å². The van der Waals surface area contributed by atoms with Gasteiger partial charge in [0.2, 0.25) is 0 Å². The summed E-state index contributed by atoms with van der Waals surface area (Å²) < 4.78 is 11.2. The van der Waals surface area contributed by atoms with Gasteiger partial charge in [-0.15, -0.1) is 0 Å². The van der Waals surface area contributed by atoms with E-state index >= 15 is 0 Å². The normalized spacial score (nSPS) is 30.5. The third-order valence-electron chi connectivity index (χ3n) is 4.05. The highest BCUT2D eigenvalue weighted by Crippen LogP contribution is 2.30. The Morgan fingerprint density at radius 3 is 2.63 bits per heavy atom. The van der Waals surface area contributed by atoms with Crippen molar-refractivity contribution in [3.63, 3.8) is 0 Å². The Hall–Kier alpha value is -0.160. The molecule has 2 heterocycles. The number of ether oxygens (including phenoxy) is 2. The Balaban J connectivity index is 1.90. The van der Waals surface area contributed by atoms with Crippen LogP contribution in [0.4, 0.5) is 0 Å². The van der Waals surface area contributed by atoms with Crippen LogP contribution in [0.5, 0.6) is 0 Å². The fourth-order valence-corrected chi connectivity index (χ4v) is 2.85. The zero-order chi connectivity index (χ0) is 13.8. The Morgan fingerprint density at radius 1 is 1.11 bits per heavy atom. The van der Waals surface area contributed by atoms with E-state index in [0.717, 1.165) is 59.0 Å². The Bertz CT molecular complexity index is 262. The molecule has 2 saturated heterocycles. The minimum atomic E-state index is 0.178. The van der Waals surface area contributed by atoms with Crippen molar-refractivity contribution in [1.82, 2.24) is 10.2 Å². The lowest BCUT2D eigenvalue weighted by Gasteiger charge is -2.36. The smallest absolute Gasteiger partial charge is 0.0593 e. The molecule has 0 spiro atoms. The van der Waals surface area contributed by atoms with Crippen LogP contribution in [0.1, 0.15) is 33.6 Å². The number of hydrogen-bond donors (Lipinski definition) is 1. The van der Waals surface area contributed by atoms with E-state index in [0.29, 0.717) is 0 Å². The van der Waals surface area contributed by atoms with E-state index in [2.05, 4.69) is 31.0 Å². The molecule has 0 radical (unpaired) electrons. The zero-order valence-corrected chi connectivity index (χ0v) is 12.8. The number of nitrogens with one attached hydrogen (secondary N) is 1. The lowest BCUT2D eigenvalue weighted by molar-refractivity contribution is 0.0959. The van der Waals surface area contributed by atoms with Crippen LogP contribution < -0.4 is 5.32 Å². The Morgan fingerprint density at radius 2 is 1.95 bits per heavy atom. The third-order valence-corrected chi connectivity index (χ3v) is 4.05. The summed E-state index contributed by atoms with van der Waals surface area (Å²) in [6.07, 6.45) is 2.33. The molecule has 0 aromatic carbocycles. The van der Waals surface area contributed by atoms with Crippen molar-refractivity contribution < 1.29 is 9.47 Å². The molecule has 19 heavy (non-hydrogen) atoms. The van der Waals surface area contributed by atoms with Crippen molar-refractivity contribution in [1.29, 1.82) is 0 Å². The van der Waals surface area contributed by atoms with Crippen molar-refractivity contribution in [2.24, 2.45) is 5.41 Å². The molecule has 0 aliphatic carbocycles. The molecule has 0 amide bonds. The van der Waals surface area contributed by atoms with Gasteiger partial charge in [-0.1, -0.05) is 0 Å². The van der Waals surface area contributed by atoms with E-state index in [1.54, 1.807) is 0 Å². The van der Waals surface area contributed by atoms with Gasteiger partial charge >= 0.3 is 0 Å². The maximum Gasteiger partial charge on any atom is 0.0593 e. The van der Waals surface area contributed by atoms with Crippen molar-refractivity contribution in [3.8, 4) is 0 Å². The van der Waals surface area contributed by atoms with Gasteiger partial charge in [0.1, 0.15) is 0 Å². The van der Waals surface area contributed by atoms with Crippen LogP contribution in [0, 0.1) is 5.41 Å². The predicted molar refractivity (Wildman–Crippen MR) is 77.5 cm³/mol.